The summed E-state index contributed by atoms with van der Waals surface area (Å²) in [6.45, 7) is 9.26. The lowest BCUT2D eigenvalue weighted by atomic mass is 9.85. The normalized spacial score (nSPS) is 28.9. The average molecular weight is 462 g/mol. The number of rotatable bonds is 6. The SMILES string of the molecule is C=C1C(=O)O[C@@H]2/C=C(/C)C(OC(C)=O)C/C=C(\COC(C)=O)CC(OC(=O)/C(C)=C/CO)C12. The van der Waals surface area contributed by atoms with Gasteiger partial charge in [0.15, 0.2) is 0 Å². The van der Waals surface area contributed by atoms with Crippen molar-refractivity contribution in [2.75, 3.05) is 13.2 Å². The van der Waals surface area contributed by atoms with E-state index in [1.165, 1.54) is 26.8 Å². The first kappa shape index (κ1) is 26.1. The minimum absolute atomic E-state index is 0.0664. The third kappa shape index (κ3) is 7.15. The molecule has 0 aromatic rings. The van der Waals surface area contributed by atoms with Crippen molar-refractivity contribution in [3.05, 3.63) is 47.1 Å². The number of ether oxygens (including phenoxy) is 4. The molecule has 0 aromatic heterocycles. The van der Waals surface area contributed by atoms with Crippen LogP contribution >= 0.6 is 0 Å². The molecule has 2 aliphatic rings. The summed E-state index contributed by atoms with van der Waals surface area (Å²) >= 11 is 0. The molecule has 0 spiro atoms. The maximum Gasteiger partial charge on any atom is 0.334 e. The Labute approximate surface area is 192 Å². The second kappa shape index (κ2) is 11.6. The molecule has 1 heterocycles. The minimum Gasteiger partial charge on any atom is -0.461 e. The number of aliphatic hydroxyl groups is 1. The van der Waals surface area contributed by atoms with Gasteiger partial charge >= 0.3 is 23.9 Å². The molecule has 0 aromatic carbocycles. The van der Waals surface area contributed by atoms with Crippen molar-refractivity contribution in [3.8, 4) is 0 Å². The molecule has 0 amide bonds. The summed E-state index contributed by atoms with van der Waals surface area (Å²) in [6, 6.07) is 0. The largest absolute Gasteiger partial charge is 0.461 e. The Hall–Kier alpha value is -3.20. The maximum absolute atomic E-state index is 12.6. The second-order valence-electron chi connectivity index (χ2n) is 8.03. The van der Waals surface area contributed by atoms with Crippen molar-refractivity contribution in [3.63, 3.8) is 0 Å². The molecule has 1 saturated heterocycles. The van der Waals surface area contributed by atoms with Gasteiger partial charge in [0.25, 0.3) is 0 Å². The van der Waals surface area contributed by atoms with Crippen LogP contribution in [0.15, 0.2) is 47.1 Å². The molecular weight excluding hydrogens is 432 g/mol. The van der Waals surface area contributed by atoms with Crippen LogP contribution in [0.1, 0.15) is 40.5 Å². The van der Waals surface area contributed by atoms with E-state index in [4.69, 9.17) is 24.1 Å². The van der Waals surface area contributed by atoms with E-state index >= 15 is 0 Å². The van der Waals surface area contributed by atoms with Crippen LogP contribution in [0.5, 0.6) is 0 Å². The lowest BCUT2D eigenvalue weighted by Gasteiger charge is -2.29. The van der Waals surface area contributed by atoms with Crippen LogP contribution in [-0.4, -0.2) is 60.5 Å². The van der Waals surface area contributed by atoms with Crippen LogP contribution < -0.4 is 0 Å². The number of carbonyl (C=O) groups is 4. The number of carbonyl (C=O) groups excluding carboxylic acids is 4. The number of esters is 4. The van der Waals surface area contributed by atoms with E-state index in [9.17, 15) is 19.2 Å². The summed E-state index contributed by atoms with van der Waals surface area (Å²) in [5.41, 5.74) is 1.61. The summed E-state index contributed by atoms with van der Waals surface area (Å²) in [6.07, 6.45) is 2.90. The zero-order chi connectivity index (χ0) is 24.7. The van der Waals surface area contributed by atoms with Crippen molar-refractivity contribution in [1.29, 1.82) is 0 Å². The van der Waals surface area contributed by atoms with Crippen LogP contribution in [0.2, 0.25) is 0 Å². The lowest BCUT2D eigenvalue weighted by Crippen LogP contribution is -2.35. The van der Waals surface area contributed by atoms with Crippen molar-refractivity contribution in [2.45, 2.75) is 58.8 Å². The average Bonchev–Trinajstić information content (AvgIpc) is 3.00. The van der Waals surface area contributed by atoms with Crippen molar-refractivity contribution in [1.82, 2.24) is 0 Å². The number of hydrogen-bond donors (Lipinski definition) is 1. The Balaban J connectivity index is 2.50. The molecule has 0 bridgehead atoms. The number of aliphatic hydroxyl groups excluding tert-OH is 1. The second-order valence-corrected chi connectivity index (χ2v) is 8.03. The van der Waals surface area contributed by atoms with Gasteiger partial charge in [-0.1, -0.05) is 12.7 Å². The molecule has 9 heteroatoms. The van der Waals surface area contributed by atoms with E-state index in [-0.39, 0.29) is 37.2 Å². The fraction of sp³-hybridized carbons (Fsp3) is 0.500. The van der Waals surface area contributed by atoms with Crippen LogP contribution in [-0.2, 0) is 38.1 Å². The van der Waals surface area contributed by atoms with Gasteiger partial charge in [0.05, 0.1) is 12.5 Å². The molecule has 9 nitrogen and oxygen atoms in total. The van der Waals surface area contributed by atoms with Gasteiger partial charge in [-0.05, 0) is 37.1 Å². The van der Waals surface area contributed by atoms with Gasteiger partial charge < -0.3 is 24.1 Å². The summed E-state index contributed by atoms with van der Waals surface area (Å²) in [7, 11) is 0. The van der Waals surface area contributed by atoms with Gasteiger partial charge in [0.1, 0.15) is 24.9 Å². The molecule has 180 valence electrons. The number of hydrogen-bond acceptors (Lipinski definition) is 9. The van der Waals surface area contributed by atoms with Crippen LogP contribution in [0.25, 0.3) is 0 Å². The monoisotopic (exact) mass is 462 g/mol. The quantitative estimate of drug-likeness (QED) is 0.273. The van der Waals surface area contributed by atoms with Gasteiger partial charge in [-0.15, -0.1) is 0 Å². The Morgan fingerprint density at radius 1 is 1.21 bits per heavy atom. The van der Waals surface area contributed by atoms with Crippen molar-refractivity contribution >= 4 is 23.9 Å². The predicted molar refractivity (Wildman–Crippen MR) is 116 cm³/mol. The van der Waals surface area contributed by atoms with Crippen LogP contribution in [0, 0.1) is 5.92 Å². The molecule has 1 aliphatic carbocycles. The number of fused-ring (bicyclic) bond motifs is 1. The van der Waals surface area contributed by atoms with E-state index in [2.05, 4.69) is 6.58 Å². The summed E-state index contributed by atoms with van der Waals surface area (Å²) in [5, 5.41) is 9.09. The molecule has 2 rings (SSSR count). The van der Waals surface area contributed by atoms with Gasteiger partial charge in [-0.3, -0.25) is 9.59 Å². The summed E-state index contributed by atoms with van der Waals surface area (Å²) < 4.78 is 21.8. The van der Waals surface area contributed by atoms with Gasteiger partial charge in [0.2, 0.25) is 0 Å². The van der Waals surface area contributed by atoms with E-state index < -0.39 is 48.1 Å². The molecule has 4 atom stereocenters. The molecule has 0 radical (unpaired) electrons. The highest BCUT2D eigenvalue weighted by atomic mass is 16.6. The molecule has 33 heavy (non-hydrogen) atoms. The highest BCUT2D eigenvalue weighted by molar-refractivity contribution is 5.92. The highest BCUT2D eigenvalue weighted by Gasteiger charge is 2.45. The van der Waals surface area contributed by atoms with E-state index in [1.54, 1.807) is 19.1 Å². The van der Waals surface area contributed by atoms with Gasteiger partial charge in [-0.2, -0.15) is 0 Å². The standard InChI is InChI=1S/C24H30O9/c1-13(8-9-25)23(28)32-21-11-18(12-30-16(4)26)6-7-19(31-17(5)27)14(2)10-20-22(21)15(3)24(29)33-20/h6,8,10,19-22,25H,3,7,9,11-12H2,1-2,4-5H3/b13-8+,14-10-,18-6-/t19?,20-,21?,22?/m1/s1. The predicted octanol–water partition coefficient (Wildman–Crippen LogP) is 2.10. The Kier molecular flexibility index (Phi) is 9.16. The van der Waals surface area contributed by atoms with E-state index in [0.717, 1.165) is 0 Å². The van der Waals surface area contributed by atoms with Gasteiger partial charge in [-0.25, -0.2) is 9.59 Å². The maximum atomic E-state index is 12.6. The molecule has 1 fully saturated rings. The molecule has 0 saturated carbocycles. The Morgan fingerprint density at radius 2 is 1.91 bits per heavy atom. The van der Waals surface area contributed by atoms with Crippen LogP contribution in [0.4, 0.5) is 0 Å². The lowest BCUT2D eigenvalue weighted by molar-refractivity contribution is -0.148. The van der Waals surface area contributed by atoms with E-state index in [1.807, 2.05) is 0 Å². The zero-order valence-corrected chi connectivity index (χ0v) is 19.3. The fourth-order valence-corrected chi connectivity index (χ4v) is 3.69. The molecule has 3 unspecified atom stereocenters. The smallest absolute Gasteiger partial charge is 0.334 e. The van der Waals surface area contributed by atoms with E-state index in [0.29, 0.717) is 11.1 Å². The topological polar surface area (TPSA) is 125 Å². The van der Waals surface area contributed by atoms with Crippen molar-refractivity contribution in [2.24, 2.45) is 5.92 Å². The Morgan fingerprint density at radius 3 is 2.52 bits per heavy atom. The van der Waals surface area contributed by atoms with Gasteiger partial charge in [0, 0.05) is 37.8 Å². The zero-order valence-electron chi connectivity index (χ0n) is 19.3. The third-order valence-corrected chi connectivity index (χ3v) is 5.43. The first-order valence-electron chi connectivity index (χ1n) is 10.6. The third-order valence-electron chi connectivity index (χ3n) is 5.43. The fourth-order valence-electron chi connectivity index (χ4n) is 3.69. The summed E-state index contributed by atoms with van der Waals surface area (Å²) in [5.74, 6) is -2.95. The van der Waals surface area contributed by atoms with Crippen molar-refractivity contribution < 1.29 is 43.2 Å². The highest BCUT2D eigenvalue weighted by Crippen LogP contribution is 2.37. The summed E-state index contributed by atoms with van der Waals surface area (Å²) in [4.78, 5) is 48.0. The molecule has 1 aliphatic heterocycles. The first-order chi connectivity index (χ1) is 15.5. The first-order valence-corrected chi connectivity index (χ1v) is 10.6. The minimum atomic E-state index is -0.861. The Bertz CT molecular complexity index is 909. The molecule has 1 N–H and O–H groups in total. The van der Waals surface area contributed by atoms with Crippen LogP contribution in [0.3, 0.4) is 0 Å². The molecular formula is C24H30O9.